The van der Waals surface area contributed by atoms with Crippen molar-refractivity contribution >= 4 is 17.2 Å². The zero-order valence-electron chi connectivity index (χ0n) is 11.9. The van der Waals surface area contributed by atoms with Gasteiger partial charge in [0.25, 0.3) is 0 Å². The van der Waals surface area contributed by atoms with E-state index in [0.29, 0.717) is 12.6 Å². The molecular formula is C16H21N3S. The number of nitrogens with zero attached hydrogens (tertiary/aromatic N) is 2. The number of pyridine rings is 1. The number of thiophene rings is 1. The quantitative estimate of drug-likeness (QED) is 0.887. The molecule has 0 unspecified atom stereocenters. The van der Waals surface area contributed by atoms with Crippen molar-refractivity contribution in [2.45, 2.75) is 38.8 Å². The van der Waals surface area contributed by atoms with Crippen LogP contribution in [0.3, 0.4) is 0 Å². The van der Waals surface area contributed by atoms with Crippen LogP contribution in [-0.4, -0.2) is 17.6 Å². The van der Waals surface area contributed by atoms with E-state index in [2.05, 4.69) is 34.7 Å². The highest BCUT2D eigenvalue weighted by Gasteiger charge is 2.30. The van der Waals surface area contributed by atoms with Crippen LogP contribution in [-0.2, 0) is 13.0 Å². The molecule has 0 saturated heterocycles. The molecule has 0 radical (unpaired) electrons. The highest BCUT2D eigenvalue weighted by atomic mass is 32.1. The molecule has 4 heteroatoms. The molecule has 0 bridgehead atoms. The fraction of sp³-hybridized carbons (Fsp3) is 0.438. The van der Waals surface area contributed by atoms with Gasteiger partial charge < -0.3 is 10.6 Å². The maximum atomic E-state index is 5.62. The highest BCUT2D eigenvalue weighted by Crippen LogP contribution is 2.34. The summed E-state index contributed by atoms with van der Waals surface area (Å²) in [5, 5.41) is 4.37. The minimum Gasteiger partial charge on any atom is -0.349 e. The van der Waals surface area contributed by atoms with Crippen LogP contribution in [0.5, 0.6) is 0 Å². The van der Waals surface area contributed by atoms with Gasteiger partial charge >= 0.3 is 0 Å². The first-order valence-electron chi connectivity index (χ1n) is 7.21. The molecule has 3 rings (SSSR count). The molecule has 2 heterocycles. The molecule has 1 aliphatic carbocycles. The van der Waals surface area contributed by atoms with Gasteiger partial charge in [0.1, 0.15) is 5.82 Å². The minimum atomic E-state index is 0.668. The topological polar surface area (TPSA) is 42.1 Å². The predicted octanol–water partition coefficient (Wildman–Crippen LogP) is 3.12. The Balaban J connectivity index is 1.83. The van der Waals surface area contributed by atoms with E-state index in [9.17, 15) is 0 Å². The summed E-state index contributed by atoms with van der Waals surface area (Å²) in [6, 6.07) is 5.11. The summed E-state index contributed by atoms with van der Waals surface area (Å²) in [6.07, 6.45) is 5.46. The smallest absolute Gasteiger partial charge is 0.131 e. The number of rotatable bonds is 6. The molecule has 106 valence electrons. The van der Waals surface area contributed by atoms with Crippen molar-refractivity contribution in [2.75, 3.05) is 11.4 Å². The lowest BCUT2D eigenvalue weighted by atomic mass is 10.1. The second kappa shape index (κ2) is 5.94. The van der Waals surface area contributed by atoms with Gasteiger partial charge in [-0.05, 0) is 66.2 Å². The van der Waals surface area contributed by atoms with E-state index in [4.69, 9.17) is 10.7 Å². The molecule has 3 nitrogen and oxygen atoms in total. The number of aryl methyl sites for hydroxylation is 1. The van der Waals surface area contributed by atoms with Crippen LogP contribution in [0.25, 0.3) is 0 Å². The minimum absolute atomic E-state index is 0.668. The van der Waals surface area contributed by atoms with E-state index in [-0.39, 0.29) is 0 Å². The largest absolute Gasteiger partial charge is 0.349 e. The van der Waals surface area contributed by atoms with E-state index >= 15 is 0 Å². The molecule has 0 aliphatic heterocycles. The summed E-state index contributed by atoms with van der Waals surface area (Å²) < 4.78 is 0. The standard InChI is InChI=1S/C16H21N3S/c1-12-8-13(4-6-17)9-18-16(12)19(15-2-3-15)10-14-5-7-20-11-14/h5,7-9,11,15H,2-4,6,10,17H2,1H3. The van der Waals surface area contributed by atoms with Gasteiger partial charge in [-0.15, -0.1) is 0 Å². The van der Waals surface area contributed by atoms with Gasteiger partial charge in [-0.1, -0.05) is 6.07 Å². The van der Waals surface area contributed by atoms with Crippen molar-refractivity contribution in [1.29, 1.82) is 0 Å². The zero-order valence-corrected chi connectivity index (χ0v) is 12.7. The second-order valence-electron chi connectivity index (χ2n) is 5.51. The number of aromatic nitrogens is 1. The summed E-state index contributed by atoms with van der Waals surface area (Å²) in [7, 11) is 0. The zero-order chi connectivity index (χ0) is 13.9. The van der Waals surface area contributed by atoms with Crippen molar-refractivity contribution in [3.05, 3.63) is 45.8 Å². The van der Waals surface area contributed by atoms with E-state index in [0.717, 1.165) is 18.8 Å². The van der Waals surface area contributed by atoms with Gasteiger partial charge in [-0.2, -0.15) is 11.3 Å². The third kappa shape index (κ3) is 3.02. The van der Waals surface area contributed by atoms with Crippen LogP contribution in [0.2, 0.25) is 0 Å². The van der Waals surface area contributed by atoms with E-state index < -0.39 is 0 Å². The summed E-state index contributed by atoms with van der Waals surface area (Å²) >= 11 is 1.76. The number of nitrogens with two attached hydrogens (primary N) is 1. The van der Waals surface area contributed by atoms with Gasteiger partial charge in [-0.25, -0.2) is 4.98 Å². The molecule has 20 heavy (non-hydrogen) atoms. The lowest BCUT2D eigenvalue weighted by molar-refractivity contribution is 0.773. The summed E-state index contributed by atoms with van der Waals surface area (Å²) in [6.45, 7) is 3.81. The van der Waals surface area contributed by atoms with Gasteiger partial charge in [0.05, 0.1) is 0 Å². The van der Waals surface area contributed by atoms with Crippen LogP contribution in [0.1, 0.15) is 29.5 Å². The average Bonchev–Trinajstić information content (AvgIpc) is 3.15. The van der Waals surface area contributed by atoms with Crippen LogP contribution >= 0.6 is 11.3 Å². The Hall–Kier alpha value is -1.39. The fourth-order valence-electron chi connectivity index (χ4n) is 2.57. The number of hydrogen-bond donors (Lipinski definition) is 1. The third-order valence-electron chi connectivity index (χ3n) is 3.73. The molecule has 0 spiro atoms. The summed E-state index contributed by atoms with van der Waals surface area (Å²) in [5.74, 6) is 1.14. The van der Waals surface area contributed by atoms with Gasteiger partial charge in [0.15, 0.2) is 0 Å². The Kier molecular flexibility index (Phi) is 4.03. The molecule has 2 aromatic rings. The van der Waals surface area contributed by atoms with Crippen LogP contribution in [0.4, 0.5) is 5.82 Å². The summed E-state index contributed by atoms with van der Waals surface area (Å²) in [4.78, 5) is 7.17. The first-order chi connectivity index (χ1) is 9.78. The fourth-order valence-corrected chi connectivity index (χ4v) is 3.23. The van der Waals surface area contributed by atoms with Gasteiger partial charge in [-0.3, -0.25) is 0 Å². The van der Waals surface area contributed by atoms with Crippen LogP contribution in [0, 0.1) is 6.92 Å². The maximum absolute atomic E-state index is 5.62. The Morgan fingerprint density at radius 2 is 2.25 bits per heavy atom. The molecule has 2 aromatic heterocycles. The van der Waals surface area contributed by atoms with Crippen LogP contribution < -0.4 is 10.6 Å². The molecule has 0 amide bonds. The van der Waals surface area contributed by atoms with E-state index in [1.54, 1.807) is 11.3 Å². The molecule has 1 fully saturated rings. The Morgan fingerprint density at radius 1 is 1.40 bits per heavy atom. The van der Waals surface area contributed by atoms with Crippen LogP contribution in [0.15, 0.2) is 29.1 Å². The summed E-state index contributed by atoms with van der Waals surface area (Å²) in [5.41, 5.74) is 9.50. The lowest BCUT2D eigenvalue weighted by Crippen LogP contribution is -2.26. The second-order valence-corrected chi connectivity index (χ2v) is 6.29. The van der Waals surface area contributed by atoms with Crippen molar-refractivity contribution in [2.24, 2.45) is 5.73 Å². The van der Waals surface area contributed by atoms with E-state index in [1.807, 2.05) is 6.20 Å². The molecule has 1 aliphatic rings. The van der Waals surface area contributed by atoms with Crippen molar-refractivity contribution < 1.29 is 0 Å². The van der Waals surface area contributed by atoms with Gasteiger partial charge in [0, 0.05) is 18.8 Å². The Labute approximate surface area is 124 Å². The predicted molar refractivity (Wildman–Crippen MR) is 85.3 cm³/mol. The highest BCUT2D eigenvalue weighted by molar-refractivity contribution is 7.07. The number of hydrogen-bond acceptors (Lipinski definition) is 4. The first-order valence-corrected chi connectivity index (χ1v) is 8.15. The Bertz CT molecular complexity index is 561. The monoisotopic (exact) mass is 287 g/mol. The van der Waals surface area contributed by atoms with Crippen molar-refractivity contribution in [1.82, 2.24) is 4.98 Å². The molecular weight excluding hydrogens is 266 g/mol. The van der Waals surface area contributed by atoms with Gasteiger partial charge in [0.2, 0.25) is 0 Å². The number of anilines is 1. The first kappa shape index (κ1) is 13.6. The molecule has 0 aromatic carbocycles. The molecule has 1 saturated carbocycles. The van der Waals surface area contributed by atoms with Crippen molar-refractivity contribution in [3.8, 4) is 0 Å². The lowest BCUT2D eigenvalue weighted by Gasteiger charge is -2.25. The molecule has 0 atom stereocenters. The molecule has 2 N–H and O–H groups in total. The van der Waals surface area contributed by atoms with Crippen molar-refractivity contribution in [3.63, 3.8) is 0 Å². The normalized spacial score (nSPS) is 14.5. The third-order valence-corrected chi connectivity index (χ3v) is 4.47. The van der Waals surface area contributed by atoms with E-state index in [1.165, 1.54) is 29.5 Å². The average molecular weight is 287 g/mol. The Morgan fingerprint density at radius 3 is 2.85 bits per heavy atom. The maximum Gasteiger partial charge on any atom is 0.131 e. The SMILES string of the molecule is Cc1cc(CCN)cnc1N(Cc1ccsc1)C1CC1.